The molecule has 0 atom stereocenters. The van der Waals surface area contributed by atoms with Gasteiger partial charge in [-0.15, -0.1) is 5.10 Å². The molecule has 16 heavy (non-hydrogen) atoms. The van der Waals surface area contributed by atoms with Crippen LogP contribution in [0, 0.1) is 20.8 Å². The largest absolute Gasteiger partial charge is 0.394 e. The van der Waals surface area contributed by atoms with Gasteiger partial charge < -0.3 is 5.73 Å². The summed E-state index contributed by atoms with van der Waals surface area (Å²) in [7, 11) is 0. The first kappa shape index (κ1) is 10.8. The van der Waals surface area contributed by atoms with Crippen molar-refractivity contribution in [2.75, 3.05) is 5.73 Å². The lowest BCUT2D eigenvalue weighted by atomic mass is 10.3. The van der Waals surface area contributed by atoms with Crippen molar-refractivity contribution < 1.29 is 0 Å². The van der Waals surface area contributed by atoms with E-state index < -0.39 is 0 Å². The van der Waals surface area contributed by atoms with Gasteiger partial charge in [0.1, 0.15) is 11.6 Å². The fourth-order valence-corrected chi connectivity index (χ4v) is 1.62. The molecular formula is C9H11ClN6. The average molecular weight is 239 g/mol. The van der Waals surface area contributed by atoms with Crippen molar-refractivity contribution in [3.05, 3.63) is 22.6 Å². The van der Waals surface area contributed by atoms with Crippen LogP contribution in [0.3, 0.4) is 0 Å². The molecule has 2 N–H and O–H groups in total. The molecule has 0 aromatic carbocycles. The second-order valence-corrected chi connectivity index (χ2v) is 3.77. The topological polar surface area (TPSA) is 82.5 Å². The van der Waals surface area contributed by atoms with E-state index in [0.717, 1.165) is 0 Å². The first-order chi connectivity index (χ1) is 7.49. The van der Waals surface area contributed by atoms with Crippen LogP contribution >= 0.6 is 11.6 Å². The third-order valence-corrected chi connectivity index (χ3v) is 2.33. The number of nitrogens with zero attached hydrogens (tertiary/aromatic N) is 5. The van der Waals surface area contributed by atoms with E-state index in [2.05, 4.69) is 20.1 Å². The Morgan fingerprint density at radius 3 is 2.38 bits per heavy atom. The van der Waals surface area contributed by atoms with E-state index in [9.17, 15) is 0 Å². The number of aromatic nitrogens is 5. The van der Waals surface area contributed by atoms with Crippen LogP contribution in [-0.4, -0.2) is 24.7 Å². The van der Waals surface area contributed by atoms with Gasteiger partial charge in [-0.1, -0.05) is 0 Å². The van der Waals surface area contributed by atoms with Gasteiger partial charge in [-0.05, 0) is 32.4 Å². The van der Waals surface area contributed by atoms with Gasteiger partial charge in [0.25, 0.3) is 0 Å². The molecule has 0 amide bonds. The molecule has 0 aliphatic carbocycles. The first-order valence-corrected chi connectivity index (χ1v) is 5.07. The van der Waals surface area contributed by atoms with Crippen LogP contribution in [0.25, 0.3) is 5.82 Å². The summed E-state index contributed by atoms with van der Waals surface area (Å²) in [5.41, 5.74) is 6.97. The Morgan fingerprint density at radius 1 is 1.12 bits per heavy atom. The molecule has 84 valence electrons. The summed E-state index contributed by atoms with van der Waals surface area (Å²) in [6, 6.07) is 0. The molecule has 0 unspecified atom stereocenters. The van der Waals surface area contributed by atoms with Crippen molar-refractivity contribution in [2.24, 2.45) is 0 Å². The Hall–Kier alpha value is -1.69. The molecule has 2 rings (SSSR count). The van der Waals surface area contributed by atoms with Crippen LogP contribution in [0.2, 0.25) is 5.28 Å². The van der Waals surface area contributed by atoms with Crippen molar-refractivity contribution >= 4 is 17.3 Å². The van der Waals surface area contributed by atoms with Gasteiger partial charge in [-0.3, -0.25) is 0 Å². The van der Waals surface area contributed by atoms with Gasteiger partial charge in [0.15, 0.2) is 5.82 Å². The van der Waals surface area contributed by atoms with Gasteiger partial charge >= 0.3 is 0 Å². The molecule has 0 spiro atoms. The molecule has 2 aromatic heterocycles. The van der Waals surface area contributed by atoms with Gasteiger partial charge in [-0.2, -0.15) is 9.67 Å². The standard InChI is InChI=1S/C9H11ClN6/c1-4-7(11)8(14-9(10)12-4)16-6(3)13-5(2)15-16/h11H2,1-3H3. The second kappa shape index (κ2) is 3.71. The third kappa shape index (κ3) is 1.71. The zero-order valence-corrected chi connectivity index (χ0v) is 9.95. The number of nitrogens with two attached hydrogens (primary N) is 1. The van der Waals surface area contributed by atoms with Crippen molar-refractivity contribution in [1.29, 1.82) is 0 Å². The van der Waals surface area contributed by atoms with Crippen molar-refractivity contribution in [3.63, 3.8) is 0 Å². The Kier molecular flexibility index (Phi) is 2.51. The fourth-order valence-electron chi connectivity index (χ4n) is 1.42. The molecule has 0 saturated carbocycles. The van der Waals surface area contributed by atoms with E-state index in [0.29, 0.717) is 28.8 Å². The highest BCUT2D eigenvalue weighted by Crippen LogP contribution is 2.19. The van der Waals surface area contributed by atoms with Gasteiger partial charge in [-0.25, -0.2) is 9.97 Å². The fraction of sp³-hybridized carbons (Fsp3) is 0.333. The summed E-state index contributed by atoms with van der Waals surface area (Å²) in [6.07, 6.45) is 0. The molecule has 0 radical (unpaired) electrons. The van der Waals surface area contributed by atoms with E-state index in [1.54, 1.807) is 18.5 Å². The Bertz CT molecular complexity index is 547. The lowest BCUT2D eigenvalue weighted by Crippen LogP contribution is -2.09. The maximum Gasteiger partial charge on any atom is 0.224 e. The minimum absolute atomic E-state index is 0.147. The Morgan fingerprint density at radius 2 is 1.81 bits per heavy atom. The third-order valence-electron chi connectivity index (χ3n) is 2.16. The van der Waals surface area contributed by atoms with E-state index in [-0.39, 0.29) is 5.28 Å². The Balaban J connectivity index is 2.68. The second-order valence-electron chi connectivity index (χ2n) is 3.43. The highest BCUT2D eigenvalue weighted by Gasteiger charge is 2.13. The molecule has 0 saturated heterocycles. The number of hydrogen-bond donors (Lipinski definition) is 1. The number of aryl methyl sites for hydroxylation is 3. The van der Waals surface area contributed by atoms with Crippen LogP contribution in [0.5, 0.6) is 0 Å². The smallest absolute Gasteiger partial charge is 0.224 e. The molecular weight excluding hydrogens is 228 g/mol. The van der Waals surface area contributed by atoms with Crippen LogP contribution in [-0.2, 0) is 0 Å². The van der Waals surface area contributed by atoms with Crippen LogP contribution in [0.1, 0.15) is 17.3 Å². The maximum absolute atomic E-state index is 5.89. The Labute approximate surface area is 97.5 Å². The van der Waals surface area contributed by atoms with E-state index >= 15 is 0 Å². The van der Waals surface area contributed by atoms with E-state index in [1.807, 2.05) is 6.92 Å². The summed E-state index contributed by atoms with van der Waals surface area (Å²) in [6.45, 7) is 5.39. The number of rotatable bonds is 1. The monoisotopic (exact) mass is 238 g/mol. The molecule has 7 heteroatoms. The molecule has 2 aromatic rings. The van der Waals surface area contributed by atoms with E-state index in [4.69, 9.17) is 17.3 Å². The minimum atomic E-state index is 0.147. The molecule has 2 heterocycles. The van der Waals surface area contributed by atoms with Gasteiger partial charge in [0.05, 0.1) is 11.4 Å². The highest BCUT2D eigenvalue weighted by atomic mass is 35.5. The highest BCUT2D eigenvalue weighted by molar-refractivity contribution is 6.28. The van der Waals surface area contributed by atoms with Gasteiger partial charge in [0, 0.05) is 0 Å². The zero-order chi connectivity index (χ0) is 11.9. The normalized spacial score (nSPS) is 10.8. The van der Waals surface area contributed by atoms with E-state index in [1.165, 1.54) is 0 Å². The lowest BCUT2D eigenvalue weighted by molar-refractivity contribution is 0.798. The summed E-state index contributed by atoms with van der Waals surface area (Å²) in [5.74, 6) is 1.83. The number of hydrogen-bond acceptors (Lipinski definition) is 5. The summed E-state index contributed by atoms with van der Waals surface area (Å²) < 4.78 is 1.56. The summed E-state index contributed by atoms with van der Waals surface area (Å²) in [5, 5.41) is 4.35. The molecule has 6 nitrogen and oxygen atoms in total. The number of nitrogen functional groups attached to an aromatic ring is 1. The molecule has 0 aliphatic heterocycles. The average Bonchev–Trinajstić information content (AvgIpc) is 2.51. The van der Waals surface area contributed by atoms with Crippen LogP contribution in [0.4, 0.5) is 5.69 Å². The lowest BCUT2D eigenvalue weighted by Gasteiger charge is -2.07. The van der Waals surface area contributed by atoms with Crippen LogP contribution in [0.15, 0.2) is 0 Å². The molecule has 0 bridgehead atoms. The predicted molar refractivity (Wildman–Crippen MR) is 60.6 cm³/mol. The quantitative estimate of drug-likeness (QED) is 0.756. The molecule has 0 fully saturated rings. The SMILES string of the molecule is Cc1nc(C)n(-c2nc(Cl)nc(C)c2N)n1. The summed E-state index contributed by atoms with van der Waals surface area (Å²) >= 11 is 5.79. The predicted octanol–water partition coefficient (Wildman–Crippen LogP) is 1.22. The maximum atomic E-state index is 5.89. The van der Waals surface area contributed by atoms with Gasteiger partial charge in [0.2, 0.25) is 5.28 Å². The van der Waals surface area contributed by atoms with Crippen LogP contribution < -0.4 is 5.73 Å². The first-order valence-electron chi connectivity index (χ1n) is 4.69. The van der Waals surface area contributed by atoms with Crippen molar-refractivity contribution in [3.8, 4) is 5.82 Å². The minimum Gasteiger partial charge on any atom is -0.394 e. The molecule has 0 aliphatic rings. The summed E-state index contributed by atoms with van der Waals surface area (Å²) in [4.78, 5) is 12.2. The zero-order valence-electron chi connectivity index (χ0n) is 9.19. The number of halogens is 1. The number of anilines is 1. The van der Waals surface area contributed by atoms with Crippen molar-refractivity contribution in [2.45, 2.75) is 20.8 Å². The van der Waals surface area contributed by atoms with Crippen molar-refractivity contribution in [1.82, 2.24) is 24.7 Å².